The van der Waals surface area contributed by atoms with Gasteiger partial charge in [-0.15, -0.1) is 0 Å². The molecule has 6 nitrogen and oxygen atoms in total. The van der Waals surface area contributed by atoms with E-state index in [0.717, 1.165) is 25.2 Å². The van der Waals surface area contributed by atoms with Gasteiger partial charge in [-0.3, -0.25) is 5.32 Å². The first kappa shape index (κ1) is 21.9. The number of ether oxygens (including phenoxy) is 1. The van der Waals surface area contributed by atoms with E-state index in [1.807, 2.05) is 4.90 Å². The van der Waals surface area contributed by atoms with Gasteiger partial charge in [0.25, 0.3) is 0 Å². The van der Waals surface area contributed by atoms with Gasteiger partial charge < -0.3 is 15.0 Å². The summed E-state index contributed by atoms with van der Waals surface area (Å²) in [4.78, 5) is 2.09. The number of rotatable bonds is 4. The van der Waals surface area contributed by atoms with E-state index in [0.29, 0.717) is 43.1 Å². The lowest BCUT2D eigenvalue weighted by Gasteiger charge is -2.31. The molecule has 2 heterocycles. The third kappa shape index (κ3) is 4.24. The largest absolute Gasteiger partial charge is 0.495 e. The van der Waals surface area contributed by atoms with Gasteiger partial charge in [0.05, 0.1) is 23.3 Å². The lowest BCUT2D eigenvalue weighted by molar-refractivity contribution is -0.137. The Hall–Kier alpha value is -2.30. The fourth-order valence-corrected chi connectivity index (χ4v) is 5.80. The molecule has 0 bridgehead atoms. The second-order valence-electron chi connectivity index (χ2n) is 7.61. The first-order chi connectivity index (χ1) is 14.7. The molecular weight excluding hydrogens is 431 g/mol. The predicted molar refractivity (Wildman–Crippen MR) is 111 cm³/mol. The first-order valence-electron chi connectivity index (χ1n) is 10.0. The number of sulfone groups is 1. The molecule has 0 spiro atoms. The van der Waals surface area contributed by atoms with E-state index in [9.17, 15) is 21.6 Å². The Morgan fingerprint density at radius 2 is 1.81 bits per heavy atom. The summed E-state index contributed by atoms with van der Waals surface area (Å²) in [5.74, 6) is 0.553. The molecule has 1 unspecified atom stereocenters. The van der Waals surface area contributed by atoms with Crippen LogP contribution in [0.25, 0.3) is 0 Å². The quantitative estimate of drug-likeness (QED) is 0.739. The lowest BCUT2D eigenvalue weighted by Crippen LogP contribution is -2.43. The van der Waals surface area contributed by atoms with Gasteiger partial charge in [-0.2, -0.15) is 13.2 Å². The van der Waals surface area contributed by atoms with E-state index >= 15 is 0 Å². The van der Waals surface area contributed by atoms with Crippen molar-refractivity contribution in [2.75, 3.05) is 44.7 Å². The third-order valence-electron chi connectivity index (χ3n) is 5.73. The highest BCUT2D eigenvalue weighted by atomic mass is 32.2. The Kier molecular flexibility index (Phi) is 5.89. The smallest absolute Gasteiger partial charge is 0.416 e. The molecule has 2 aliphatic rings. The zero-order chi connectivity index (χ0) is 22.2. The molecule has 168 valence electrons. The second kappa shape index (κ2) is 8.33. The van der Waals surface area contributed by atoms with Crippen molar-refractivity contribution >= 4 is 15.5 Å². The number of nitrogens with zero attached hydrogens (tertiary/aromatic N) is 1. The van der Waals surface area contributed by atoms with E-state index in [1.165, 1.54) is 19.2 Å². The minimum Gasteiger partial charge on any atom is -0.495 e. The molecule has 1 saturated heterocycles. The highest BCUT2D eigenvalue weighted by Crippen LogP contribution is 2.39. The summed E-state index contributed by atoms with van der Waals surface area (Å²) in [5.41, 5.74) is 0.563. The van der Waals surface area contributed by atoms with Crippen molar-refractivity contribution in [3.05, 3.63) is 53.1 Å². The molecule has 0 aliphatic carbocycles. The van der Waals surface area contributed by atoms with Crippen molar-refractivity contribution < 1.29 is 26.3 Å². The molecule has 4 rings (SSSR count). The van der Waals surface area contributed by atoms with Crippen molar-refractivity contribution in [2.45, 2.75) is 22.9 Å². The van der Waals surface area contributed by atoms with E-state index < -0.39 is 27.0 Å². The summed E-state index contributed by atoms with van der Waals surface area (Å²) < 4.78 is 72.2. The van der Waals surface area contributed by atoms with Gasteiger partial charge in [0.15, 0.2) is 9.84 Å². The van der Waals surface area contributed by atoms with Crippen LogP contribution in [0.5, 0.6) is 5.75 Å². The Balaban J connectivity index is 1.76. The number of hydrogen-bond donors (Lipinski definition) is 2. The molecule has 2 aliphatic heterocycles. The number of piperazine rings is 1. The molecule has 0 amide bonds. The average Bonchev–Trinajstić information content (AvgIpc) is 2.77. The SMILES string of the molecule is COc1ccc(S(=O)(=O)C2NCCc3ccc(C(F)(F)F)cc32)cc1N1CCNCC1. The Morgan fingerprint density at radius 3 is 2.48 bits per heavy atom. The number of hydrogen-bond acceptors (Lipinski definition) is 6. The number of methoxy groups -OCH3 is 1. The molecule has 0 radical (unpaired) electrons. The molecule has 10 heteroatoms. The number of benzene rings is 2. The van der Waals surface area contributed by atoms with E-state index in [4.69, 9.17) is 4.74 Å². The number of nitrogens with one attached hydrogen (secondary N) is 2. The summed E-state index contributed by atoms with van der Waals surface area (Å²) in [6, 6.07) is 7.93. The Morgan fingerprint density at radius 1 is 1.06 bits per heavy atom. The molecule has 0 saturated carbocycles. The van der Waals surface area contributed by atoms with Crippen LogP contribution in [-0.4, -0.2) is 48.3 Å². The fraction of sp³-hybridized carbons (Fsp3) is 0.429. The monoisotopic (exact) mass is 455 g/mol. The number of anilines is 1. The van der Waals surface area contributed by atoms with Crippen LogP contribution in [0.15, 0.2) is 41.3 Å². The van der Waals surface area contributed by atoms with Crippen molar-refractivity contribution in [3.63, 3.8) is 0 Å². The van der Waals surface area contributed by atoms with E-state index in [1.54, 1.807) is 12.1 Å². The molecule has 2 N–H and O–H groups in total. The third-order valence-corrected chi connectivity index (χ3v) is 7.68. The van der Waals surface area contributed by atoms with E-state index in [-0.39, 0.29) is 10.5 Å². The van der Waals surface area contributed by atoms with E-state index in [2.05, 4.69) is 10.6 Å². The Labute approximate surface area is 179 Å². The predicted octanol–water partition coefficient (Wildman–Crippen LogP) is 2.74. The van der Waals surface area contributed by atoms with Crippen molar-refractivity contribution in [1.29, 1.82) is 0 Å². The van der Waals surface area contributed by atoms with Crippen LogP contribution in [0, 0.1) is 0 Å². The van der Waals surface area contributed by atoms with Crippen LogP contribution in [0.4, 0.5) is 18.9 Å². The van der Waals surface area contributed by atoms with Crippen molar-refractivity contribution in [3.8, 4) is 5.75 Å². The minimum atomic E-state index is -4.55. The molecular formula is C21H24F3N3O3S. The number of alkyl halides is 3. The molecule has 1 atom stereocenters. The fourth-order valence-electron chi connectivity index (χ4n) is 4.10. The van der Waals surface area contributed by atoms with Crippen molar-refractivity contribution in [2.24, 2.45) is 0 Å². The van der Waals surface area contributed by atoms with Crippen LogP contribution in [0.2, 0.25) is 0 Å². The van der Waals surface area contributed by atoms with Crippen LogP contribution in [0.1, 0.15) is 22.1 Å². The van der Waals surface area contributed by atoms with Crippen LogP contribution in [0.3, 0.4) is 0 Å². The number of fused-ring (bicyclic) bond motifs is 1. The maximum atomic E-state index is 13.5. The van der Waals surface area contributed by atoms with Crippen molar-refractivity contribution in [1.82, 2.24) is 10.6 Å². The topological polar surface area (TPSA) is 70.7 Å². The second-order valence-corrected chi connectivity index (χ2v) is 9.64. The highest BCUT2D eigenvalue weighted by Gasteiger charge is 2.37. The molecule has 31 heavy (non-hydrogen) atoms. The minimum absolute atomic E-state index is 0.0459. The van der Waals surface area contributed by atoms with Gasteiger partial charge in [0.2, 0.25) is 0 Å². The van der Waals surface area contributed by atoms with Gasteiger partial charge in [0, 0.05) is 32.7 Å². The van der Waals surface area contributed by atoms with Crippen LogP contribution in [-0.2, 0) is 22.4 Å². The lowest BCUT2D eigenvalue weighted by atomic mass is 9.98. The van der Waals surface area contributed by atoms with Crippen LogP contribution >= 0.6 is 0 Å². The molecule has 2 aromatic rings. The summed E-state index contributed by atoms with van der Waals surface area (Å²) in [5, 5.41) is 4.91. The summed E-state index contributed by atoms with van der Waals surface area (Å²) >= 11 is 0. The standard InChI is InChI=1S/C21H24F3N3O3S/c1-30-19-5-4-16(13-18(19)27-10-8-25-9-11-27)31(28,29)20-17-12-15(21(22,23)24)3-2-14(17)6-7-26-20/h2-5,12-13,20,25-26H,6-11H2,1H3. The summed E-state index contributed by atoms with van der Waals surface area (Å²) in [7, 11) is -2.48. The van der Waals surface area contributed by atoms with Gasteiger partial charge in [0.1, 0.15) is 11.1 Å². The highest BCUT2D eigenvalue weighted by molar-refractivity contribution is 7.91. The zero-order valence-electron chi connectivity index (χ0n) is 17.0. The van der Waals surface area contributed by atoms with Crippen LogP contribution < -0.4 is 20.3 Å². The summed E-state index contributed by atoms with van der Waals surface area (Å²) in [6.07, 6.45) is -4.08. The average molecular weight is 456 g/mol. The number of halogens is 3. The molecule has 2 aromatic carbocycles. The normalized spacial score (nSPS) is 19.7. The Bertz CT molecular complexity index is 1070. The molecule has 1 fully saturated rings. The maximum Gasteiger partial charge on any atom is 0.416 e. The maximum absolute atomic E-state index is 13.5. The van der Waals surface area contributed by atoms with Gasteiger partial charge >= 0.3 is 6.18 Å². The van der Waals surface area contributed by atoms with Gasteiger partial charge in [-0.25, -0.2) is 8.42 Å². The summed E-state index contributed by atoms with van der Waals surface area (Å²) in [6.45, 7) is 3.28. The van der Waals surface area contributed by atoms with Gasteiger partial charge in [-0.1, -0.05) is 6.07 Å². The van der Waals surface area contributed by atoms with Gasteiger partial charge in [-0.05, 0) is 47.9 Å². The molecule has 0 aromatic heterocycles. The zero-order valence-corrected chi connectivity index (χ0v) is 17.8. The first-order valence-corrected chi connectivity index (χ1v) is 11.6.